The van der Waals surface area contributed by atoms with Crippen molar-refractivity contribution in [2.45, 2.75) is 47.0 Å². The highest BCUT2D eigenvalue weighted by atomic mass is 14.6. The summed E-state index contributed by atoms with van der Waals surface area (Å²) in [6.45, 7) is 9.86. The van der Waals surface area contributed by atoms with Gasteiger partial charge in [-0.2, -0.15) is 0 Å². The van der Waals surface area contributed by atoms with E-state index in [0.717, 1.165) is 29.1 Å². The zero-order valence-electron chi connectivity index (χ0n) is 8.93. The van der Waals surface area contributed by atoms with Crippen LogP contribution in [0.2, 0.25) is 0 Å². The van der Waals surface area contributed by atoms with E-state index in [1.54, 1.807) is 0 Å². The molecular formula is C12H22. The molecule has 0 aromatic carbocycles. The van der Waals surface area contributed by atoms with Gasteiger partial charge in [0.05, 0.1) is 0 Å². The second kappa shape index (κ2) is 2.49. The van der Waals surface area contributed by atoms with E-state index in [4.69, 9.17) is 0 Å². The van der Waals surface area contributed by atoms with Crippen molar-refractivity contribution in [3.05, 3.63) is 0 Å². The fourth-order valence-electron chi connectivity index (χ4n) is 3.93. The Labute approximate surface area is 76.7 Å². The predicted molar refractivity (Wildman–Crippen MR) is 52.9 cm³/mol. The van der Waals surface area contributed by atoms with Gasteiger partial charge >= 0.3 is 0 Å². The maximum atomic E-state index is 2.53. The maximum Gasteiger partial charge on any atom is -0.0267 e. The normalized spacial score (nSPS) is 59.0. The van der Waals surface area contributed by atoms with Gasteiger partial charge in [-0.15, -0.1) is 0 Å². The van der Waals surface area contributed by atoms with Gasteiger partial charge in [-0.1, -0.05) is 27.7 Å². The van der Waals surface area contributed by atoms with Crippen molar-refractivity contribution in [2.75, 3.05) is 0 Å². The third-order valence-corrected chi connectivity index (χ3v) is 4.97. The highest BCUT2D eigenvalue weighted by Gasteiger charge is 2.53. The van der Waals surface area contributed by atoms with Gasteiger partial charge in [0.25, 0.3) is 0 Å². The minimum absolute atomic E-state index is 0.719. The Morgan fingerprint density at radius 1 is 1.08 bits per heavy atom. The van der Waals surface area contributed by atoms with E-state index in [-0.39, 0.29) is 0 Å². The van der Waals surface area contributed by atoms with Crippen molar-refractivity contribution >= 4 is 0 Å². The van der Waals surface area contributed by atoms with E-state index in [2.05, 4.69) is 27.7 Å². The van der Waals surface area contributed by atoms with Gasteiger partial charge in [-0.25, -0.2) is 0 Å². The second-order valence-electron chi connectivity index (χ2n) is 5.66. The molecule has 4 unspecified atom stereocenters. The molecule has 2 aliphatic carbocycles. The molecule has 0 heteroatoms. The summed E-state index contributed by atoms with van der Waals surface area (Å²) in [5, 5.41) is 0. The molecule has 0 spiro atoms. The molecule has 0 aromatic rings. The van der Waals surface area contributed by atoms with Crippen molar-refractivity contribution < 1.29 is 0 Å². The monoisotopic (exact) mass is 166 g/mol. The summed E-state index contributed by atoms with van der Waals surface area (Å²) in [5.74, 6) is 4.05. The first kappa shape index (κ1) is 8.59. The fraction of sp³-hybridized carbons (Fsp3) is 1.00. The molecule has 0 heterocycles. The molecule has 2 fully saturated rings. The highest BCUT2D eigenvalue weighted by Crippen LogP contribution is 2.61. The minimum Gasteiger partial charge on any atom is -0.0622 e. The molecular weight excluding hydrogens is 144 g/mol. The quantitative estimate of drug-likeness (QED) is 0.557. The van der Waals surface area contributed by atoms with E-state index in [0.29, 0.717) is 0 Å². The number of hydrogen-bond acceptors (Lipinski definition) is 0. The summed E-state index contributed by atoms with van der Waals surface area (Å²) in [4.78, 5) is 0. The zero-order valence-corrected chi connectivity index (χ0v) is 8.93. The third kappa shape index (κ3) is 0.900. The first-order chi connectivity index (χ1) is 5.55. The van der Waals surface area contributed by atoms with E-state index in [1.807, 2.05) is 0 Å². The standard InChI is InChI=1S/C12H22/c1-8-7-9(2)11(8)12(4)6-5-10(12)3/h8-11H,5-7H2,1-4H3. The van der Waals surface area contributed by atoms with Crippen molar-refractivity contribution in [2.24, 2.45) is 29.1 Å². The van der Waals surface area contributed by atoms with Crippen LogP contribution in [0.1, 0.15) is 47.0 Å². The van der Waals surface area contributed by atoms with Gasteiger partial charge in [0.15, 0.2) is 0 Å². The summed E-state index contributed by atoms with van der Waals surface area (Å²) in [7, 11) is 0. The van der Waals surface area contributed by atoms with Crippen LogP contribution in [0.5, 0.6) is 0 Å². The summed E-state index contributed by atoms with van der Waals surface area (Å²) in [6, 6.07) is 0. The van der Waals surface area contributed by atoms with Gasteiger partial charge < -0.3 is 0 Å². The van der Waals surface area contributed by atoms with Gasteiger partial charge in [-0.05, 0) is 48.3 Å². The molecule has 0 aliphatic heterocycles. The van der Waals surface area contributed by atoms with E-state index >= 15 is 0 Å². The lowest BCUT2D eigenvalue weighted by Gasteiger charge is -2.60. The Morgan fingerprint density at radius 3 is 1.83 bits per heavy atom. The van der Waals surface area contributed by atoms with Crippen LogP contribution in [0.25, 0.3) is 0 Å². The molecule has 12 heavy (non-hydrogen) atoms. The lowest BCUT2D eigenvalue weighted by Crippen LogP contribution is -2.52. The molecule has 4 atom stereocenters. The first-order valence-corrected chi connectivity index (χ1v) is 5.55. The van der Waals surface area contributed by atoms with E-state index in [9.17, 15) is 0 Å². The smallest absolute Gasteiger partial charge is 0.0267 e. The van der Waals surface area contributed by atoms with Crippen molar-refractivity contribution in [1.82, 2.24) is 0 Å². The summed E-state index contributed by atoms with van der Waals surface area (Å²) >= 11 is 0. The molecule has 70 valence electrons. The van der Waals surface area contributed by atoms with Crippen LogP contribution in [0.4, 0.5) is 0 Å². The number of hydrogen-bond donors (Lipinski definition) is 0. The van der Waals surface area contributed by atoms with Gasteiger partial charge in [0.1, 0.15) is 0 Å². The average molecular weight is 166 g/mol. The van der Waals surface area contributed by atoms with Gasteiger partial charge in [-0.3, -0.25) is 0 Å². The van der Waals surface area contributed by atoms with Gasteiger partial charge in [0, 0.05) is 0 Å². The fourth-order valence-corrected chi connectivity index (χ4v) is 3.93. The molecule has 0 radical (unpaired) electrons. The zero-order chi connectivity index (χ0) is 8.93. The lowest BCUT2D eigenvalue weighted by atomic mass is 9.45. The molecule has 0 nitrogen and oxygen atoms in total. The van der Waals surface area contributed by atoms with Crippen LogP contribution < -0.4 is 0 Å². The summed E-state index contributed by atoms with van der Waals surface area (Å²) < 4.78 is 0. The molecule has 0 bridgehead atoms. The molecule has 2 saturated carbocycles. The molecule has 0 aromatic heterocycles. The molecule has 2 aliphatic rings. The average Bonchev–Trinajstić information content (AvgIpc) is 2.01. The summed E-state index contributed by atoms with van der Waals surface area (Å²) in [6.07, 6.45) is 4.45. The van der Waals surface area contributed by atoms with E-state index in [1.165, 1.54) is 19.3 Å². The van der Waals surface area contributed by atoms with Crippen LogP contribution in [0, 0.1) is 29.1 Å². The Hall–Kier alpha value is 0. The SMILES string of the molecule is CC1CC(C)C1C1(C)CCC1C. The third-order valence-electron chi connectivity index (χ3n) is 4.97. The van der Waals surface area contributed by atoms with Crippen LogP contribution >= 0.6 is 0 Å². The van der Waals surface area contributed by atoms with Crippen LogP contribution in [0.3, 0.4) is 0 Å². The van der Waals surface area contributed by atoms with Crippen molar-refractivity contribution in [3.8, 4) is 0 Å². The minimum atomic E-state index is 0.719. The molecule has 0 saturated heterocycles. The Kier molecular flexibility index (Phi) is 1.79. The topological polar surface area (TPSA) is 0 Å². The Balaban J connectivity index is 2.08. The lowest BCUT2D eigenvalue weighted by molar-refractivity contribution is -0.106. The van der Waals surface area contributed by atoms with Crippen molar-refractivity contribution in [1.29, 1.82) is 0 Å². The largest absolute Gasteiger partial charge is 0.0622 e. The Morgan fingerprint density at radius 2 is 1.67 bits per heavy atom. The maximum absolute atomic E-state index is 2.53. The second-order valence-corrected chi connectivity index (χ2v) is 5.66. The molecule has 0 amide bonds. The Bertz CT molecular complexity index is 176. The van der Waals surface area contributed by atoms with Crippen LogP contribution in [0.15, 0.2) is 0 Å². The van der Waals surface area contributed by atoms with Crippen molar-refractivity contribution in [3.63, 3.8) is 0 Å². The van der Waals surface area contributed by atoms with Gasteiger partial charge in [0.2, 0.25) is 0 Å². The van der Waals surface area contributed by atoms with Crippen LogP contribution in [-0.4, -0.2) is 0 Å². The first-order valence-electron chi connectivity index (χ1n) is 5.55. The molecule has 0 N–H and O–H groups in total. The predicted octanol–water partition coefficient (Wildman–Crippen LogP) is 3.71. The van der Waals surface area contributed by atoms with E-state index < -0.39 is 0 Å². The highest BCUT2D eigenvalue weighted by molar-refractivity contribution is 5.02. The number of rotatable bonds is 1. The molecule has 2 rings (SSSR count). The van der Waals surface area contributed by atoms with Crippen LogP contribution in [-0.2, 0) is 0 Å². The summed E-state index contributed by atoms with van der Waals surface area (Å²) in [5.41, 5.74) is 0.719.